The third-order valence-electron chi connectivity index (χ3n) is 2.67. The zero-order valence-electron chi connectivity index (χ0n) is 9.27. The van der Waals surface area contributed by atoms with Crippen molar-refractivity contribution in [1.29, 1.82) is 0 Å². The number of aryl methyl sites for hydroxylation is 2. The number of nitrogens with zero attached hydrogens (tertiary/aromatic N) is 1. The molecule has 0 fully saturated rings. The van der Waals surface area contributed by atoms with E-state index in [0.717, 1.165) is 18.4 Å². The van der Waals surface area contributed by atoms with Crippen LogP contribution in [-0.2, 0) is 12.8 Å². The predicted molar refractivity (Wildman–Crippen MR) is 70.8 cm³/mol. The second-order valence-corrected chi connectivity index (χ2v) is 4.29. The number of rotatable bonds is 4. The van der Waals surface area contributed by atoms with E-state index in [0.29, 0.717) is 10.7 Å². The van der Waals surface area contributed by atoms with Gasteiger partial charge in [-0.2, -0.15) is 0 Å². The Labute approximate surface area is 105 Å². The van der Waals surface area contributed by atoms with Gasteiger partial charge in [-0.3, -0.25) is 0 Å². The second kappa shape index (κ2) is 5.60. The minimum atomic E-state index is 0.477. The molecule has 0 saturated carbocycles. The maximum Gasteiger partial charge on any atom is 0.111 e. The van der Waals surface area contributed by atoms with E-state index in [1.165, 1.54) is 5.56 Å². The molecule has 0 aromatic heterocycles. The van der Waals surface area contributed by atoms with Crippen LogP contribution in [0.25, 0.3) is 0 Å². The highest BCUT2D eigenvalue weighted by atomic mass is 35.5. The van der Waals surface area contributed by atoms with Crippen LogP contribution in [0.15, 0.2) is 53.7 Å². The molecule has 2 aromatic carbocycles. The number of hydrogen-bond acceptors (Lipinski definition) is 2. The molecule has 0 unspecified atom stereocenters. The Kier molecular flexibility index (Phi) is 3.89. The van der Waals surface area contributed by atoms with E-state index in [2.05, 4.69) is 17.3 Å². The average molecular weight is 246 g/mol. The van der Waals surface area contributed by atoms with Gasteiger partial charge in [0, 0.05) is 5.02 Å². The number of hydrogen-bond donors (Lipinski definition) is 0. The molecule has 0 aliphatic rings. The maximum absolute atomic E-state index is 10.7. The molecule has 0 radical (unpaired) electrons. The van der Waals surface area contributed by atoms with E-state index < -0.39 is 0 Å². The van der Waals surface area contributed by atoms with Crippen LogP contribution < -0.4 is 0 Å². The number of benzene rings is 2. The van der Waals surface area contributed by atoms with Crippen molar-refractivity contribution in [3.05, 3.63) is 69.6 Å². The molecule has 0 bridgehead atoms. The molecule has 0 heterocycles. The summed E-state index contributed by atoms with van der Waals surface area (Å²) in [6.45, 7) is 0. The Hall–Kier alpha value is -1.67. The fourth-order valence-corrected chi connectivity index (χ4v) is 1.96. The number of halogens is 1. The van der Waals surface area contributed by atoms with Gasteiger partial charge in [0.05, 0.1) is 0 Å². The normalized spacial score (nSPS) is 10.2. The summed E-state index contributed by atoms with van der Waals surface area (Å²) in [7, 11) is 0. The van der Waals surface area contributed by atoms with Crippen molar-refractivity contribution in [2.75, 3.05) is 0 Å². The smallest absolute Gasteiger partial charge is 0.111 e. The van der Waals surface area contributed by atoms with Gasteiger partial charge in [0.1, 0.15) is 5.69 Å². The van der Waals surface area contributed by atoms with Crippen LogP contribution in [0, 0.1) is 4.91 Å². The van der Waals surface area contributed by atoms with Crippen LogP contribution in [0.3, 0.4) is 0 Å². The standard InChI is InChI=1S/C14H12ClNO/c15-13-8-9-14(16-17)12(10-13)7-6-11-4-2-1-3-5-11/h1-5,8-10H,6-7H2. The summed E-state index contributed by atoms with van der Waals surface area (Å²) in [5.74, 6) is 0. The lowest BCUT2D eigenvalue weighted by Crippen LogP contribution is -1.91. The lowest BCUT2D eigenvalue weighted by Gasteiger charge is -2.04. The van der Waals surface area contributed by atoms with Gasteiger partial charge in [-0.05, 0) is 47.3 Å². The largest absolute Gasteiger partial charge is 0.145 e. The molecule has 0 N–H and O–H groups in total. The molecule has 0 aliphatic heterocycles. The Morgan fingerprint density at radius 2 is 1.76 bits per heavy atom. The molecule has 2 nitrogen and oxygen atoms in total. The zero-order valence-corrected chi connectivity index (χ0v) is 10.0. The van der Waals surface area contributed by atoms with Crippen LogP contribution in [0.5, 0.6) is 0 Å². The van der Waals surface area contributed by atoms with Gasteiger partial charge >= 0.3 is 0 Å². The third-order valence-corrected chi connectivity index (χ3v) is 2.90. The van der Waals surface area contributed by atoms with Crippen molar-refractivity contribution in [3.63, 3.8) is 0 Å². The van der Waals surface area contributed by atoms with Crippen molar-refractivity contribution >= 4 is 17.3 Å². The fraction of sp³-hybridized carbons (Fsp3) is 0.143. The highest BCUT2D eigenvalue weighted by Crippen LogP contribution is 2.24. The van der Waals surface area contributed by atoms with Crippen LogP contribution in [0.2, 0.25) is 5.02 Å². The van der Waals surface area contributed by atoms with Gasteiger partial charge in [0.2, 0.25) is 0 Å². The van der Waals surface area contributed by atoms with E-state index in [1.54, 1.807) is 18.2 Å². The molecule has 17 heavy (non-hydrogen) atoms. The first-order valence-electron chi connectivity index (χ1n) is 5.45. The third kappa shape index (κ3) is 3.14. The van der Waals surface area contributed by atoms with Crippen molar-refractivity contribution < 1.29 is 0 Å². The summed E-state index contributed by atoms with van der Waals surface area (Å²) in [5.41, 5.74) is 2.62. The van der Waals surface area contributed by atoms with Gasteiger partial charge in [0.15, 0.2) is 0 Å². The van der Waals surface area contributed by atoms with E-state index in [9.17, 15) is 4.91 Å². The Morgan fingerprint density at radius 1 is 1.00 bits per heavy atom. The SMILES string of the molecule is O=Nc1ccc(Cl)cc1CCc1ccccc1. The lowest BCUT2D eigenvalue weighted by atomic mass is 10.0. The van der Waals surface area contributed by atoms with E-state index in [1.807, 2.05) is 18.2 Å². The first-order valence-corrected chi connectivity index (χ1v) is 5.83. The molecule has 3 heteroatoms. The Balaban J connectivity index is 2.13. The quantitative estimate of drug-likeness (QED) is 0.728. The van der Waals surface area contributed by atoms with E-state index in [-0.39, 0.29) is 0 Å². The predicted octanol–water partition coefficient (Wildman–Crippen LogP) is 4.52. The minimum absolute atomic E-state index is 0.477. The van der Waals surface area contributed by atoms with Gasteiger partial charge in [-0.15, -0.1) is 4.91 Å². The Morgan fingerprint density at radius 3 is 2.47 bits per heavy atom. The molecular weight excluding hydrogens is 234 g/mol. The van der Waals surface area contributed by atoms with Crippen molar-refractivity contribution in [3.8, 4) is 0 Å². The average Bonchev–Trinajstić information content (AvgIpc) is 2.38. The molecule has 2 aromatic rings. The summed E-state index contributed by atoms with van der Waals surface area (Å²) in [6.07, 6.45) is 1.65. The second-order valence-electron chi connectivity index (χ2n) is 3.85. The molecule has 0 atom stereocenters. The zero-order chi connectivity index (χ0) is 12.1. The number of nitroso groups, excluding NO2 is 1. The van der Waals surface area contributed by atoms with Gasteiger partial charge in [-0.1, -0.05) is 41.9 Å². The van der Waals surface area contributed by atoms with Crippen LogP contribution in [0.4, 0.5) is 5.69 Å². The van der Waals surface area contributed by atoms with Crippen LogP contribution in [-0.4, -0.2) is 0 Å². The topological polar surface area (TPSA) is 29.4 Å². The molecule has 0 spiro atoms. The van der Waals surface area contributed by atoms with Gasteiger partial charge in [-0.25, -0.2) is 0 Å². The first kappa shape index (κ1) is 11.8. The van der Waals surface area contributed by atoms with Crippen LogP contribution in [0.1, 0.15) is 11.1 Å². The summed E-state index contributed by atoms with van der Waals surface area (Å²) in [4.78, 5) is 10.7. The molecule has 0 aliphatic carbocycles. The highest BCUT2D eigenvalue weighted by molar-refractivity contribution is 6.30. The van der Waals surface area contributed by atoms with Crippen molar-refractivity contribution in [2.45, 2.75) is 12.8 Å². The summed E-state index contributed by atoms with van der Waals surface area (Å²) < 4.78 is 0. The summed E-state index contributed by atoms with van der Waals surface area (Å²) in [5, 5.41) is 3.65. The minimum Gasteiger partial charge on any atom is -0.145 e. The van der Waals surface area contributed by atoms with E-state index >= 15 is 0 Å². The highest BCUT2D eigenvalue weighted by Gasteiger charge is 2.04. The van der Waals surface area contributed by atoms with E-state index in [4.69, 9.17) is 11.6 Å². The summed E-state index contributed by atoms with van der Waals surface area (Å²) in [6, 6.07) is 15.3. The monoisotopic (exact) mass is 245 g/mol. The lowest BCUT2D eigenvalue weighted by molar-refractivity contribution is 0.959. The van der Waals surface area contributed by atoms with Crippen molar-refractivity contribution in [2.24, 2.45) is 5.18 Å². The Bertz CT molecular complexity index is 511. The fourth-order valence-electron chi connectivity index (χ4n) is 1.77. The van der Waals surface area contributed by atoms with Gasteiger partial charge in [0.25, 0.3) is 0 Å². The van der Waals surface area contributed by atoms with Crippen molar-refractivity contribution in [1.82, 2.24) is 0 Å². The molecular formula is C14H12ClNO. The van der Waals surface area contributed by atoms with Gasteiger partial charge < -0.3 is 0 Å². The van der Waals surface area contributed by atoms with Crippen LogP contribution >= 0.6 is 11.6 Å². The molecule has 2 rings (SSSR count). The molecule has 86 valence electrons. The first-order chi connectivity index (χ1) is 8.29. The molecule has 0 saturated heterocycles. The summed E-state index contributed by atoms with van der Waals surface area (Å²) >= 11 is 5.91. The molecule has 0 amide bonds. The maximum atomic E-state index is 10.7.